The van der Waals surface area contributed by atoms with E-state index in [1.165, 1.54) is 81.0 Å². The molecule has 0 spiro atoms. The molecule has 140 heavy (non-hydrogen) atoms. The standard InChI is InChI=1S/C22H22FN3O3.C22H24FN3O2.C17H16FN3.C11H15BFNO4.C11H9ClN2O.C11H10N2O2.C11H14N2O/c1-22(2,3)29-21(28)25-20-9-6-15(12-17(20)23)18-8-5-14-11-16(26(4)13-27)7-10-19(14)24-18;1-22(2,3)28-21(27)25-20-10-7-15(13-17(20)23)18-9-6-14-12-16(26(4)5)8-11-19(14)24-18;1-21(2)13-5-8-17-11(9-13)4-7-16(20-17)12-3-6-15(19)14(18)10-12;1-11(2,3)18-10(15)14-9-5-4-7(12(16)17)6-8(9)13;1-14(7-15)9-3-4-10-8(6-9)2-5-11(12)13-10;1-12(8-14)10-4-5-11-9(7-10)3-2-6-13(11)15;1-13(8-14)10-4-5-11-9(7-10)3-2-6-12-11/h5-13H,1-4H3,(H,25,28);6-13H,1-5H3,(H,25,27);3-10H,19H2,1-2H3;4-6,16-17H,1-3H3,(H,14,15);2-7H,1H3;2-8H,1H3;4-5,7-8,12H,2-3,6H2,1H3. The van der Waals surface area contributed by atoms with Crippen LogP contribution in [0.1, 0.15) is 74.3 Å². The number of aromatic nitrogens is 5. The van der Waals surface area contributed by atoms with E-state index in [1.54, 1.807) is 162 Å². The summed E-state index contributed by atoms with van der Waals surface area (Å²) in [6.07, 6.45) is 4.59. The molecule has 726 valence electrons. The summed E-state index contributed by atoms with van der Waals surface area (Å²) in [6.45, 7) is 16.6. The fraction of sp³-hybridized carbons (Fsp3) is 0.219. The number of hydrogen-bond acceptors (Lipinski definition) is 21. The van der Waals surface area contributed by atoms with Crippen molar-refractivity contribution in [2.75, 3.05) is 119 Å². The summed E-state index contributed by atoms with van der Waals surface area (Å²) >= 11 is 5.77. The molecule has 0 saturated heterocycles. The number of benzene rings is 10. The maximum absolute atomic E-state index is 14.5. The lowest BCUT2D eigenvalue weighted by Gasteiger charge is -2.20. The zero-order valence-electron chi connectivity index (χ0n) is 80.5. The van der Waals surface area contributed by atoms with Gasteiger partial charge in [0.1, 0.15) is 45.2 Å². The van der Waals surface area contributed by atoms with Crippen molar-refractivity contribution in [3.63, 3.8) is 0 Å². The third-order valence-corrected chi connectivity index (χ3v) is 21.0. The van der Waals surface area contributed by atoms with E-state index in [4.69, 9.17) is 41.6 Å². The number of anilines is 11. The minimum Gasteiger partial charge on any atom is -0.618 e. The van der Waals surface area contributed by atoms with E-state index in [-0.39, 0.29) is 28.2 Å². The second-order valence-electron chi connectivity index (χ2n) is 35.5. The van der Waals surface area contributed by atoms with Gasteiger partial charge in [0.25, 0.3) is 0 Å². The van der Waals surface area contributed by atoms with Crippen LogP contribution >= 0.6 is 11.6 Å². The summed E-state index contributed by atoms with van der Waals surface area (Å²) in [7, 11) is 13.0. The number of amides is 7. The first-order chi connectivity index (χ1) is 66.2. The van der Waals surface area contributed by atoms with Crippen molar-refractivity contribution in [3.05, 3.63) is 288 Å². The molecule has 10 aromatic carbocycles. The number of aryl methyl sites for hydroxylation is 1. The van der Waals surface area contributed by atoms with Crippen LogP contribution in [0.3, 0.4) is 0 Å². The predicted molar refractivity (Wildman–Crippen MR) is 551 cm³/mol. The molecule has 0 saturated carbocycles. The zero-order chi connectivity index (χ0) is 102. The Hall–Kier alpha value is -16.1. The first kappa shape index (κ1) is 106. The molecule has 8 N–H and O–H groups in total. The number of nitrogens with zero attached hydrogens (tertiary/aromatic N) is 11. The van der Waals surface area contributed by atoms with Crippen LogP contribution < -0.4 is 66.6 Å². The van der Waals surface area contributed by atoms with Crippen molar-refractivity contribution in [1.82, 2.24) is 19.9 Å². The molecule has 35 heteroatoms. The van der Waals surface area contributed by atoms with E-state index >= 15 is 0 Å². The van der Waals surface area contributed by atoms with Crippen molar-refractivity contribution < 1.29 is 80.1 Å². The van der Waals surface area contributed by atoms with Gasteiger partial charge in [-0.05, 0) is 274 Å². The number of hydrogen-bond donors (Lipinski definition) is 7. The first-order valence-electron chi connectivity index (χ1n) is 43.9. The van der Waals surface area contributed by atoms with Gasteiger partial charge in [-0.15, -0.1) is 0 Å². The summed E-state index contributed by atoms with van der Waals surface area (Å²) in [5.74, 6) is -2.32. The van der Waals surface area contributed by atoms with Crippen LogP contribution in [0.5, 0.6) is 0 Å². The zero-order valence-corrected chi connectivity index (χ0v) is 81.2. The molecule has 0 aliphatic carbocycles. The van der Waals surface area contributed by atoms with Crippen molar-refractivity contribution >= 4 is 185 Å². The largest absolute Gasteiger partial charge is 0.618 e. The molecule has 1 aliphatic heterocycles. The molecule has 15 aromatic rings. The number of carbonyl (C=O) groups excluding carboxylic acids is 7. The van der Waals surface area contributed by atoms with Crippen LogP contribution in [-0.4, -0.2) is 161 Å². The van der Waals surface area contributed by atoms with Gasteiger partial charge in [0.05, 0.1) is 61.9 Å². The molecular weight excluding hydrogens is 1820 g/mol. The minimum atomic E-state index is -1.75. The highest BCUT2D eigenvalue weighted by Gasteiger charge is 2.24. The Balaban J connectivity index is 0.000000171. The molecule has 0 bridgehead atoms. The second kappa shape index (κ2) is 47.6. The number of nitrogen functional groups attached to an aromatic ring is 1. The van der Waals surface area contributed by atoms with Gasteiger partial charge < -0.3 is 69.9 Å². The molecule has 16 rings (SSSR count). The summed E-state index contributed by atoms with van der Waals surface area (Å²) < 4.78 is 72.1. The van der Waals surface area contributed by atoms with Crippen molar-refractivity contribution in [2.24, 2.45) is 0 Å². The fourth-order valence-electron chi connectivity index (χ4n) is 13.5. The summed E-state index contributed by atoms with van der Waals surface area (Å²) in [4.78, 5) is 106. The monoisotopic (exact) mass is 1920 g/mol. The van der Waals surface area contributed by atoms with Gasteiger partial charge >= 0.3 is 25.4 Å². The van der Waals surface area contributed by atoms with Gasteiger partial charge in [0.15, 0.2) is 6.20 Å². The molecule has 6 heterocycles. The maximum atomic E-state index is 14.5. The topological polar surface area (TPSA) is 360 Å². The number of halogens is 5. The Morgan fingerprint density at radius 2 is 0.779 bits per heavy atom. The lowest BCUT2D eigenvalue weighted by atomic mass is 9.80. The Kier molecular flexibility index (Phi) is 36.0. The van der Waals surface area contributed by atoms with Crippen molar-refractivity contribution in [2.45, 2.75) is 92.0 Å². The number of carbonyl (C=O) groups is 7. The third kappa shape index (κ3) is 30.5. The first-order valence-corrected chi connectivity index (χ1v) is 44.3. The molecule has 0 atom stereocenters. The van der Waals surface area contributed by atoms with Crippen LogP contribution in [0.15, 0.2) is 249 Å². The SMILES string of the molecule is CC(C)(C)OC(=O)Nc1ccc(B(O)O)cc1F.CN(C)c1ccc2nc(-c3ccc(N)c(F)c3)ccc2c1.CN(C)c1ccc2nc(-c3ccc(NC(=O)OC(C)(C)C)c(F)c3)ccc2c1.CN(C=O)c1ccc2c(c1)CCCN2.CN(C=O)c1ccc2c(ccc[n+]2[O-])c1.CN(C=O)c1ccc2nc(-c3ccc(NC(=O)OC(C)(C)C)c(F)c3)ccc2c1.CN(C=O)c1ccc2nc(Cl)ccc2c1. The lowest BCUT2D eigenvalue weighted by molar-refractivity contribution is -0.577. The van der Waals surface area contributed by atoms with Crippen LogP contribution in [0, 0.1) is 28.5 Å². The number of nitrogens with one attached hydrogen (secondary N) is 4. The molecule has 5 aromatic heterocycles. The number of rotatable bonds is 17. The molecule has 1 aliphatic rings. The fourth-order valence-corrected chi connectivity index (χ4v) is 13.7. The average Bonchev–Trinajstić information content (AvgIpc) is 0.798. The Labute approximate surface area is 813 Å². The van der Waals surface area contributed by atoms with Crippen LogP contribution in [0.25, 0.3) is 88.3 Å². The molecular formula is C105H110BClF4N16O13. The van der Waals surface area contributed by atoms with Crippen LogP contribution in [-0.2, 0) is 39.8 Å². The van der Waals surface area contributed by atoms with E-state index in [2.05, 4.69) is 59.4 Å². The van der Waals surface area contributed by atoms with E-state index in [9.17, 15) is 56.3 Å². The normalized spacial score (nSPS) is 11.2. The van der Waals surface area contributed by atoms with E-state index in [0.717, 1.165) is 144 Å². The minimum absolute atomic E-state index is 0.00207. The quantitative estimate of drug-likeness (QED) is 0.00651. The van der Waals surface area contributed by atoms with Gasteiger partial charge in [-0.25, -0.2) is 51.9 Å². The predicted octanol–water partition coefficient (Wildman–Crippen LogP) is 20.2. The molecule has 0 radical (unpaired) electrons. The smallest absolute Gasteiger partial charge is 0.488 e. The maximum Gasteiger partial charge on any atom is 0.488 e. The molecule has 29 nitrogen and oxygen atoms in total. The van der Waals surface area contributed by atoms with E-state index in [1.807, 2.05) is 147 Å². The Morgan fingerprint density at radius 1 is 0.429 bits per heavy atom. The highest BCUT2D eigenvalue weighted by atomic mass is 35.5. The number of ether oxygens (including phenoxy) is 3. The van der Waals surface area contributed by atoms with Gasteiger partial charge in [-0.1, -0.05) is 54.1 Å². The second-order valence-corrected chi connectivity index (χ2v) is 35.8. The van der Waals surface area contributed by atoms with Gasteiger partial charge in [0.2, 0.25) is 31.2 Å². The summed E-state index contributed by atoms with van der Waals surface area (Å²) in [5, 5.41) is 44.7. The molecule has 0 fully saturated rings. The van der Waals surface area contributed by atoms with E-state index in [0.29, 0.717) is 33.2 Å². The lowest BCUT2D eigenvalue weighted by Crippen LogP contribution is -2.31. The highest BCUT2D eigenvalue weighted by Crippen LogP contribution is 2.34. The summed E-state index contributed by atoms with van der Waals surface area (Å²) in [6, 6.07) is 70.2. The Morgan fingerprint density at radius 3 is 1.16 bits per heavy atom. The number of fused-ring (bicyclic) bond motifs is 6. The number of pyridine rings is 5. The average molecular weight is 1930 g/mol. The van der Waals surface area contributed by atoms with Crippen LogP contribution in [0.2, 0.25) is 5.15 Å². The number of nitrogens with two attached hydrogens (primary N) is 1. The van der Waals surface area contributed by atoms with Gasteiger partial charge in [0, 0.05) is 158 Å². The Bertz CT molecular complexity index is 6990. The summed E-state index contributed by atoms with van der Waals surface area (Å²) in [5.41, 5.74) is 19.5. The van der Waals surface area contributed by atoms with Crippen molar-refractivity contribution in [1.29, 1.82) is 0 Å². The highest BCUT2D eigenvalue weighted by molar-refractivity contribution is 6.58. The van der Waals surface area contributed by atoms with Crippen LogP contribution in [0.4, 0.5) is 94.5 Å². The molecule has 0 unspecified atom stereocenters. The van der Waals surface area contributed by atoms with E-state index < -0.39 is 65.5 Å². The van der Waals surface area contributed by atoms with Gasteiger partial charge in [-0.3, -0.25) is 35.1 Å². The molecule has 7 amide bonds. The third-order valence-electron chi connectivity index (χ3n) is 20.7. The van der Waals surface area contributed by atoms with Gasteiger partial charge in [-0.2, -0.15) is 4.73 Å². The van der Waals surface area contributed by atoms with Crippen molar-refractivity contribution in [3.8, 4) is 33.8 Å².